The SMILES string of the molecule is [2H]C1([2H])[C@H]2CCCc3cccc(c32)C(=O)N1[C@@]1([2H])CN2CCC1CC2. The molecule has 5 aliphatic rings. The molecule has 0 N–H and O–H groups in total. The van der Waals surface area contributed by atoms with E-state index in [4.69, 9.17) is 2.74 Å². The van der Waals surface area contributed by atoms with Crippen LogP contribution in [0.3, 0.4) is 0 Å². The predicted molar refractivity (Wildman–Crippen MR) is 86.1 cm³/mol. The van der Waals surface area contributed by atoms with E-state index in [0.717, 1.165) is 56.3 Å². The summed E-state index contributed by atoms with van der Waals surface area (Å²) in [6.45, 7) is 0.632. The van der Waals surface area contributed by atoms with E-state index in [1.807, 2.05) is 18.2 Å². The van der Waals surface area contributed by atoms with E-state index in [-0.39, 0.29) is 17.7 Å². The lowest BCUT2D eigenvalue weighted by Gasteiger charge is -2.51. The normalized spacial score (nSPS) is 44.0. The molecule has 4 heterocycles. The third-order valence-electron chi connectivity index (χ3n) is 5.93. The van der Waals surface area contributed by atoms with Crippen molar-refractivity contribution in [2.75, 3.05) is 26.1 Å². The van der Waals surface area contributed by atoms with Crippen molar-refractivity contribution in [2.45, 2.75) is 44.0 Å². The Balaban J connectivity index is 1.67. The van der Waals surface area contributed by atoms with Gasteiger partial charge in [0.2, 0.25) is 0 Å². The molecule has 1 aromatic carbocycles. The largest absolute Gasteiger partial charge is 0.333 e. The van der Waals surface area contributed by atoms with Gasteiger partial charge in [0.05, 0.1) is 4.11 Å². The number of amides is 1. The average molecular weight is 299 g/mol. The second-order valence-corrected chi connectivity index (χ2v) is 7.13. The van der Waals surface area contributed by atoms with Crippen molar-refractivity contribution >= 4 is 5.91 Å². The third kappa shape index (κ3) is 1.81. The van der Waals surface area contributed by atoms with Gasteiger partial charge in [0.25, 0.3) is 5.91 Å². The molecular weight excluding hydrogens is 272 g/mol. The van der Waals surface area contributed by atoms with Gasteiger partial charge in [0, 0.05) is 30.5 Å². The summed E-state index contributed by atoms with van der Waals surface area (Å²) in [5, 5.41) is 0. The van der Waals surface area contributed by atoms with Crippen LogP contribution in [0.2, 0.25) is 0 Å². The number of fused-ring (bicyclic) bond motifs is 3. The van der Waals surface area contributed by atoms with E-state index < -0.39 is 12.5 Å². The molecule has 116 valence electrons. The maximum Gasteiger partial charge on any atom is 0.254 e. The van der Waals surface area contributed by atoms with Crippen molar-refractivity contribution < 1.29 is 8.91 Å². The third-order valence-corrected chi connectivity index (χ3v) is 5.93. The van der Waals surface area contributed by atoms with Crippen molar-refractivity contribution in [2.24, 2.45) is 5.92 Å². The number of hydrogen-bond acceptors (Lipinski definition) is 2. The van der Waals surface area contributed by atoms with Gasteiger partial charge in [-0.3, -0.25) is 4.79 Å². The summed E-state index contributed by atoms with van der Waals surface area (Å²) >= 11 is 0. The number of benzene rings is 1. The van der Waals surface area contributed by atoms with Gasteiger partial charge < -0.3 is 9.80 Å². The summed E-state index contributed by atoms with van der Waals surface area (Å²) in [5.41, 5.74) is 2.68. The minimum absolute atomic E-state index is 0.0739. The Morgan fingerprint density at radius 3 is 2.86 bits per heavy atom. The van der Waals surface area contributed by atoms with Crippen LogP contribution in [0.5, 0.6) is 0 Å². The Kier molecular flexibility index (Phi) is 2.29. The minimum atomic E-state index is -1.79. The minimum Gasteiger partial charge on any atom is -0.333 e. The highest BCUT2D eigenvalue weighted by atomic mass is 16.2. The molecule has 3 saturated heterocycles. The van der Waals surface area contributed by atoms with Gasteiger partial charge in [0.1, 0.15) is 0 Å². The monoisotopic (exact) mass is 299 g/mol. The summed E-state index contributed by atoms with van der Waals surface area (Å²) in [4.78, 5) is 17.0. The van der Waals surface area contributed by atoms with Gasteiger partial charge >= 0.3 is 0 Å². The Morgan fingerprint density at radius 2 is 2.09 bits per heavy atom. The zero-order valence-corrected chi connectivity index (χ0v) is 12.8. The number of carbonyl (C=O) groups is 1. The molecule has 2 bridgehead atoms. The highest BCUT2D eigenvalue weighted by Crippen LogP contribution is 2.41. The molecule has 6 rings (SSSR count). The fourth-order valence-electron chi connectivity index (χ4n) is 4.78. The number of hydrogen-bond donors (Lipinski definition) is 0. The Morgan fingerprint density at radius 1 is 1.23 bits per heavy atom. The van der Waals surface area contributed by atoms with Crippen molar-refractivity contribution in [3.05, 3.63) is 34.9 Å². The van der Waals surface area contributed by atoms with Gasteiger partial charge in [-0.1, -0.05) is 12.1 Å². The standard InChI is InChI=1S/C19H24N2O/c22-19-16-6-2-4-14-3-1-5-15(18(14)16)11-21(19)17-12-20-9-7-13(17)8-10-20/h2,4,6,13,15,17H,1,3,5,7-12H2/t15-,17+/m1/s1/i11D2,17D. The van der Waals surface area contributed by atoms with E-state index in [0.29, 0.717) is 12.1 Å². The smallest absolute Gasteiger partial charge is 0.254 e. The maximum absolute atomic E-state index is 13.4. The summed E-state index contributed by atoms with van der Waals surface area (Å²) in [5.74, 6) is -0.503. The number of rotatable bonds is 1. The van der Waals surface area contributed by atoms with Crippen molar-refractivity contribution in [1.82, 2.24) is 9.80 Å². The number of nitrogens with zero attached hydrogens (tertiary/aromatic N) is 2. The van der Waals surface area contributed by atoms with E-state index >= 15 is 0 Å². The van der Waals surface area contributed by atoms with Crippen LogP contribution in [-0.2, 0) is 6.42 Å². The van der Waals surface area contributed by atoms with Crippen molar-refractivity contribution in [3.8, 4) is 0 Å². The molecule has 0 unspecified atom stereocenters. The van der Waals surface area contributed by atoms with Gasteiger partial charge in [-0.25, -0.2) is 0 Å². The van der Waals surface area contributed by atoms with Crippen LogP contribution in [0.25, 0.3) is 0 Å². The molecule has 3 heteroatoms. The number of carbonyl (C=O) groups excluding carboxylic acids is 1. The van der Waals surface area contributed by atoms with E-state index in [1.165, 1.54) is 4.90 Å². The first kappa shape index (κ1) is 10.4. The highest BCUT2D eigenvalue weighted by molar-refractivity contribution is 5.97. The molecule has 2 atom stereocenters. The van der Waals surface area contributed by atoms with Gasteiger partial charge in [0.15, 0.2) is 0 Å². The first-order valence-electron chi connectivity index (χ1n) is 10.1. The summed E-state index contributed by atoms with van der Waals surface area (Å²) < 4.78 is 27.0. The fourth-order valence-corrected chi connectivity index (χ4v) is 4.78. The van der Waals surface area contributed by atoms with Crippen LogP contribution in [0, 0.1) is 5.92 Å². The van der Waals surface area contributed by atoms with E-state index in [9.17, 15) is 6.17 Å². The maximum atomic E-state index is 13.4. The van der Waals surface area contributed by atoms with Gasteiger partial charge in [-0.15, -0.1) is 0 Å². The van der Waals surface area contributed by atoms with Crippen LogP contribution >= 0.6 is 0 Å². The lowest BCUT2D eigenvalue weighted by molar-refractivity contribution is 0.00258. The van der Waals surface area contributed by atoms with Crippen molar-refractivity contribution in [3.63, 3.8) is 0 Å². The molecule has 3 fully saturated rings. The molecule has 3 nitrogen and oxygen atoms in total. The molecule has 0 saturated carbocycles. The van der Waals surface area contributed by atoms with E-state index in [1.54, 1.807) is 0 Å². The molecule has 1 aliphatic carbocycles. The number of aryl methyl sites for hydroxylation is 1. The molecule has 0 aromatic heterocycles. The van der Waals surface area contributed by atoms with Gasteiger partial charge in [-0.2, -0.15) is 0 Å². The Bertz CT molecular complexity index is 744. The summed E-state index contributed by atoms with van der Waals surface area (Å²) in [6, 6.07) is 4.64. The van der Waals surface area contributed by atoms with Crippen LogP contribution in [0.4, 0.5) is 0 Å². The molecule has 1 aromatic rings. The topological polar surface area (TPSA) is 23.6 Å². The summed E-state index contributed by atoms with van der Waals surface area (Å²) in [6.07, 6.45) is 4.40. The molecule has 1 amide bonds. The molecular formula is C19H24N2O. The zero-order valence-electron chi connectivity index (χ0n) is 15.8. The Labute approximate surface area is 136 Å². The Hall–Kier alpha value is -1.35. The molecule has 0 spiro atoms. The first-order chi connectivity index (χ1) is 11.9. The first-order valence-corrected chi connectivity index (χ1v) is 8.62. The molecule has 0 radical (unpaired) electrons. The molecule has 22 heavy (non-hydrogen) atoms. The van der Waals surface area contributed by atoms with Crippen LogP contribution in [0.15, 0.2) is 18.2 Å². The number of piperidine rings is 3. The summed E-state index contributed by atoms with van der Waals surface area (Å²) in [7, 11) is 0. The second-order valence-electron chi connectivity index (χ2n) is 7.13. The second kappa shape index (κ2) is 4.82. The lowest BCUT2D eigenvalue weighted by atomic mass is 9.75. The zero-order chi connectivity index (χ0) is 17.4. The lowest BCUT2D eigenvalue weighted by Crippen LogP contribution is -2.60. The van der Waals surface area contributed by atoms with Crippen LogP contribution in [-0.4, -0.2) is 47.9 Å². The van der Waals surface area contributed by atoms with E-state index in [2.05, 4.69) is 4.90 Å². The fraction of sp³-hybridized carbons (Fsp3) is 0.632. The van der Waals surface area contributed by atoms with Crippen molar-refractivity contribution in [1.29, 1.82) is 0 Å². The predicted octanol–water partition coefficient (Wildman–Crippen LogP) is 2.66. The average Bonchev–Trinajstić information content (AvgIpc) is 2.60. The van der Waals surface area contributed by atoms with Gasteiger partial charge in [-0.05, 0) is 68.3 Å². The van der Waals surface area contributed by atoms with Crippen LogP contribution < -0.4 is 0 Å². The highest BCUT2D eigenvalue weighted by Gasteiger charge is 2.43. The molecule has 4 aliphatic heterocycles. The quantitative estimate of drug-likeness (QED) is 0.796. The van der Waals surface area contributed by atoms with Crippen LogP contribution in [0.1, 0.15) is 57.2 Å².